The third kappa shape index (κ3) is 6.05. The summed E-state index contributed by atoms with van der Waals surface area (Å²) in [6, 6.07) is 0. The van der Waals surface area contributed by atoms with Crippen LogP contribution in [0.25, 0.3) is 0 Å². The molecule has 3 atom stereocenters. The summed E-state index contributed by atoms with van der Waals surface area (Å²) in [7, 11) is -9.32. The van der Waals surface area contributed by atoms with Gasteiger partial charge in [0.2, 0.25) is 0 Å². The highest BCUT2D eigenvalue weighted by molar-refractivity contribution is 7.46. The van der Waals surface area contributed by atoms with E-state index in [0.29, 0.717) is 0 Å². The van der Waals surface area contributed by atoms with E-state index in [1.165, 1.54) is 0 Å². The summed E-state index contributed by atoms with van der Waals surface area (Å²) in [6.07, 6.45) is -2.01. The first kappa shape index (κ1) is 15.2. The summed E-state index contributed by atoms with van der Waals surface area (Å²) in [5, 5.41) is 0. The Labute approximate surface area is 97.2 Å². The molecule has 102 valence electrons. The van der Waals surface area contributed by atoms with Crippen molar-refractivity contribution >= 4 is 15.6 Å². The maximum Gasteiger partial charge on any atom is 0.469 e. The number of hydrogen-bond donors (Lipinski definition) is 4. The van der Waals surface area contributed by atoms with Crippen LogP contribution in [-0.2, 0) is 22.9 Å². The number of hydrogen-bond acceptors (Lipinski definition) is 5. The van der Waals surface area contributed by atoms with Crippen LogP contribution in [-0.4, -0.2) is 44.5 Å². The second kappa shape index (κ2) is 5.44. The van der Waals surface area contributed by atoms with Crippen molar-refractivity contribution in [2.24, 2.45) is 0 Å². The van der Waals surface area contributed by atoms with Crippen LogP contribution in [0.15, 0.2) is 0 Å². The lowest BCUT2D eigenvalue weighted by atomic mass is 10.1. The van der Waals surface area contributed by atoms with E-state index in [0.717, 1.165) is 0 Å². The summed E-state index contributed by atoms with van der Waals surface area (Å²) in [5.74, 6) is 0. The number of rotatable bonds is 5. The van der Waals surface area contributed by atoms with E-state index in [4.69, 9.17) is 24.3 Å². The Morgan fingerprint density at radius 1 is 1.24 bits per heavy atom. The molecule has 11 heteroatoms. The molecule has 3 unspecified atom stereocenters. The lowest BCUT2D eigenvalue weighted by molar-refractivity contribution is -0.0165. The topological polar surface area (TPSA) is 143 Å². The summed E-state index contributed by atoms with van der Waals surface area (Å²) >= 11 is 0. The molecule has 1 aliphatic heterocycles. The standard InChI is InChI=1S/C6H14O9P2/c1-4-2-5(15-17(10,11)12)6(14-4)3-13-16(7,8)9/h4-6H,2-3H2,1H3,(H2,7,8,9)(H2,10,11,12). The summed E-state index contributed by atoms with van der Waals surface area (Å²) in [5.41, 5.74) is 0. The van der Waals surface area contributed by atoms with Crippen LogP contribution in [0.5, 0.6) is 0 Å². The Balaban J connectivity index is 2.56. The van der Waals surface area contributed by atoms with Crippen molar-refractivity contribution in [2.75, 3.05) is 6.61 Å². The van der Waals surface area contributed by atoms with Crippen LogP contribution in [0, 0.1) is 0 Å². The molecule has 1 heterocycles. The van der Waals surface area contributed by atoms with E-state index in [-0.39, 0.29) is 12.5 Å². The third-order valence-corrected chi connectivity index (χ3v) is 3.10. The molecule has 1 saturated heterocycles. The average molecular weight is 292 g/mol. The van der Waals surface area contributed by atoms with Gasteiger partial charge in [-0.15, -0.1) is 0 Å². The second-order valence-electron chi connectivity index (χ2n) is 3.64. The van der Waals surface area contributed by atoms with E-state index < -0.39 is 34.5 Å². The van der Waals surface area contributed by atoms with Gasteiger partial charge in [-0.2, -0.15) is 0 Å². The molecule has 1 aliphatic rings. The van der Waals surface area contributed by atoms with Crippen LogP contribution in [0.1, 0.15) is 13.3 Å². The van der Waals surface area contributed by atoms with Gasteiger partial charge in [-0.1, -0.05) is 0 Å². The zero-order chi connectivity index (χ0) is 13.3. The maximum atomic E-state index is 10.7. The smallest absolute Gasteiger partial charge is 0.370 e. The number of phosphoric ester groups is 2. The number of ether oxygens (including phenoxy) is 1. The Bertz CT molecular complexity index is 345. The zero-order valence-corrected chi connectivity index (χ0v) is 10.7. The fourth-order valence-corrected chi connectivity index (χ4v) is 2.44. The minimum Gasteiger partial charge on any atom is -0.370 e. The fourth-order valence-electron chi connectivity index (χ4n) is 1.52. The van der Waals surface area contributed by atoms with Gasteiger partial charge in [-0.3, -0.25) is 9.05 Å². The Kier molecular flexibility index (Phi) is 4.88. The third-order valence-electron chi connectivity index (χ3n) is 2.07. The van der Waals surface area contributed by atoms with Crippen molar-refractivity contribution in [1.82, 2.24) is 0 Å². The second-order valence-corrected chi connectivity index (χ2v) is 6.07. The quantitative estimate of drug-likeness (QED) is 0.504. The van der Waals surface area contributed by atoms with E-state index in [9.17, 15) is 9.13 Å². The molecule has 0 aliphatic carbocycles. The van der Waals surface area contributed by atoms with Crippen LogP contribution in [0.2, 0.25) is 0 Å². The van der Waals surface area contributed by atoms with Gasteiger partial charge in [0.15, 0.2) is 0 Å². The van der Waals surface area contributed by atoms with Gasteiger partial charge in [-0.05, 0) is 6.92 Å². The minimum absolute atomic E-state index is 0.209. The largest absolute Gasteiger partial charge is 0.469 e. The van der Waals surface area contributed by atoms with Gasteiger partial charge >= 0.3 is 15.6 Å². The minimum atomic E-state index is -4.67. The lowest BCUT2D eigenvalue weighted by Gasteiger charge is -2.19. The van der Waals surface area contributed by atoms with Crippen molar-refractivity contribution in [3.05, 3.63) is 0 Å². The first-order valence-corrected chi connectivity index (χ1v) is 7.72. The highest BCUT2D eigenvalue weighted by atomic mass is 31.2. The SMILES string of the molecule is CC1CC(OP(=O)(O)O)C(COP(=O)(O)O)O1. The van der Waals surface area contributed by atoms with Gasteiger partial charge in [0.25, 0.3) is 0 Å². The zero-order valence-electron chi connectivity index (χ0n) is 8.87. The molecule has 0 aromatic carbocycles. The molecule has 0 saturated carbocycles. The Hall–Kier alpha value is 0.180. The molecule has 0 radical (unpaired) electrons. The number of phosphoric acid groups is 2. The molecule has 4 N–H and O–H groups in total. The van der Waals surface area contributed by atoms with Gasteiger partial charge in [-0.25, -0.2) is 9.13 Å². The van der Waals surface area contributed by atoms with E-state index in [2.05, 4.69) is 9.05 Å². The Morgan fingerprint density at radius 2 is 1.82 bits per heavy atom. The van der Waals surface area contributed by atoms with Crippen LogP contribution in [0.3, 0.4) is 0 Å². The molecule has 9 nitrogen and oxygen atoms in total. The molecule has 0 spiro atoms. The van der Waals surface area contributed by atoms with Crippen molar-refractivity contribution in [1.29, 1.82) is 0 Å². The molecule has 0 aromatic heterocycles. The highest BCUT2D eigenvalue weighted by Crippen LogP contribution is 2.43. The first-order valence-electron chi connectivity index (χ1n) is 4.66. The molecule has 0 amide bonds. The predicted molar refractivity (Wildman–Crippen MR) is 53.9 cm³/mol. The van der Waals surface area contributed by atoms with Gasteiger partial charge < -0.3 is 24.3 Å². The lowest BCUT2D eigenvalue weighted by Crippen LogP contribution is -2.28. The van der Waals surface area contributed by atoms with Gasteiger partial charge in [0.1, 0.15) is 12.2 Å². The summed E-state index contributed by atoms with van der Waals surface area (Å²) < 4.78 is 35.0. The van der Waals surface area contributed by atoms with Crippen molar-refractivity contribution in [2.45, 2.75) is 31.7 Å². The van der Waals surface area contributed by atoms with E-state index >= 15 is 0 Å². The van der Waals surface area contributed by atoms with E-state index in [1.807, 2.05) is 0 Å². The van der Waals surface area contributed by atoms with Crippen molar-refractivity contribution in [3.8, 4) is 0 Å². The average Bonchev–Trinajstić information content (AvgIpc) is 2.38. The molecule has 1 fully saturated rings. The van der Waals surface area contributed by atoms with Crippen molar-refractivity contribution in [3.63, 3.8) is 0 Å². The molecule has 0 aromatic rings. The fraction of sp³-hybridized carbons (Fsp3) is 1.00. The molecular formula is C6H14O9P2. The highest BCUT2D eigenvalue weighted by Gasteiger charge is 2.39. The van der Waals surface area contributed by atoms with Gasteiger partial charge in [0, 0.05) is 6.42 Å². The summed E-state index contributed by atoms with van der Waals surface area (Å²) in [4.78, 5) is 34.3. The normalized spacial score (nSPS) is 30.8. The van der Waals surface area contributed by atoms with Crippen LogP contribution in [0.4, 0.5) is 0 Å². The monoisotopic (exact) mass is 292 g/mol. The van der Waals surface area contributed by atoms with Crippen molar-refractivity contribution < 1.29 is 42.5 Å². The van der Waals surface area contributed by atoms with Crippen LogP contribution >= 0.6 is 15.6 Å². The van der Waals surface area contributed by atoms with Gasteiger partial charge in [0.05, 0.1) is 12.7 Å². The molecule has 1 rings (SSSR count). The summed E-state index contributed by atoms with van der Waals surface area (Å²) in [6.45, 7) is 1.15. The Morgan fingerprint density at radius 3 is 2.29 bits per heavy atom. The van der Waals surface area contributed by atoms with Crippen LogP contribution < -0.4 is 0 Å². The van der Waals surface area contributed by atoms with E-state index in [1.54, 1.807) is 6.92 Å². The molecule has 17 heavy (non-hydrogen) atoms. The predicted octanol–water partition coefficient (Wildman–Crippen LogP) is -0.249. The first-order chi connectivity index (χ1) is 7.57. The molecular weight excluding hydrogens is 278 g/mol. The molecule has 0 bridgehead atoms. The maximum absolute atomic E-state index is 10.7.